The molecule has 1 fully saturated rings. The fourth-order valence-corrected chi connectivity index (χ4v) is 1.90. The molecular formula is C12H18O8. The van der Waals surface area contributed by atoms with Crippen LogP contribution in [-0.2, 0) is 38.1 Å². The van der Waals surface area contributed by atoms with Crippen LogP contribution >= 0.6 is 0 Å². The number of hydrogen-bond donors (Lipinski definition) is 0. The zero-order valence-corrected chi connectivity index (χ0v) is 11.8. The number of esters is 3. The number of rotatable bonds is 5. The lowest BCUT2D eigenvalue weighted by molar-refractivity contribution is -0.196. The van der Waals surface area contributed by atoms with E-state index in [0.717, 1.165) is 0 Å². The molecule has 8 heteroatoms. The van der Waals surface area contributed by atoms with Crippen LogP contribution in [0.1, 0.15) is 20.8 Å². The second-order valence-corrected chi connectivity index (χ2v) is 4.26. The minimum absolute atomic E-state index is 0.0908. The predicted octanol–water partition coefficient (Wildman–Crippen LogP) is -0.216. The van der Waals surface area contributed by atoms with Gasteiger partial charge in [-0.25, -0.2) is 0 Å². The highest BCUT2D eigenvalue weighted by atomic mass is 16.7. The summed E-state index contributed by atoms with van der Waals surface area (Å²) in [5, 5.41) is 0. The topological polar surface area (TPSA) is 97.4 Å². The standard InChI is InChI=1S/C12H18O8/c1-6(13)17-10-9(5-16-4)20-12(19-8(3)15)11(10)18-7(2)14/h9-12H,5H2,1-4H3/t9-,10-,11-,12+/m1/s1. The highest BCUT2D eigenvalue weighted by Crippen LogP contribution is 2.28. The van der Waals surface area contributed by atoms with Crippen molar-refractivity contribution in [2.45, 2.75) is 45.4 Å². The number of methoxy groups -OCH3 is 1. The summed E-state index contributed by atoms with van der Waals surface area (Å²) in [5.74, 6) is -1.78. The summed E-state index contributed by atoms with van der Waals surface area (Å²) in [6.07, 6.45) is -3.76. The first-order valence-electron chi connectivity index (χ1n) is 6.01. The third kappa shape index (κ3) is 4.46. The third-order valence-electron chi connectivity index (χ3n) is 2.48. The van der Waals surface area contributed by atoms with Crippen LogP contribution in [0.3, 0.4) is 0 Å². The molecule has 114 valence electrons. The molecule has 0 aromatic rings. The molecule has 0 aromatic heterocycles. The van der Waals surface area contributed by atoms with Gasteiger partial charge in [0, 0.05) is 27.9 Å². The van der Waals surface area contributed by atoms with Crippen molar-refractivity contribution in [3.63, 3.8) is 0 Å². The van der Waals surface area contributed by atoms with Crippen molar-refractivity contribution in [3.8, 4) is 0 Å². The van der Waals surface area contributed by atoms with Crippen molar-refractivity contribution in [1.29, 1.82) is 0 Å². The highest BCUT2D eigenvalue weighted by molar-refractivity contribution is 5.68. The van der Waals surface area contributed by atoms with Crippen molar-refractivity contribution in [2.24, 2.45) is 0 Å². The molecule has 0 amide bonds. The molecule has 0 spiro atoms. The second-order valence-electron chi connectivity index (χ2n) is 4.26. The fraction of sp³-hybridized carbons (Fsp3) is 0.750. The van der Waals surface area contributed by atoms with Crippen molar-refractivity contribution >= 4 is 17.9 Å². The first-order chi connectivity index (χ1) is 9.35. The maximum atomic E-state index is 11.1. The maximum Gasteiger partial charge on any atom is 0.305 e. The van der Waals surface area contributed by atoms with Gasteiger partial charge in [0.2, 0.25) is 12.4 Å². The average molecular weight is 290 g/mol. The van der Waals surface area contributed by atoms with E-state index >= 15 is 0 Å². The Balaban J connectivity index is 2.92. The molecule has 0 N–H and O–H groups in total. The van der Waals surface area contributed by atoms with Gasteiger partial charge in [-0.1, -0.05) is 0 Å². The van der Waals surface area contributed by atoms with Crippen LogP contribution in [0.5, 0.6) is 0 Å². The van der Waals surface area contributed by atoms with Gasteiger partial charge < -0.3 is 23.7 Å². The van der Waals surface area contributed by atoms with Crippen molar-refractivity contribution < 1.29 is 38.1 Å². The minimum atomic E-state index is -1.14. The Morgan fingerprint density at radius 1 is 0.900 bits per heavy atom. The van der Waals surface area contributed by atoms with Gasteiger partial charge in [0.1, 0.15) is 6.10 Å². The lowest BCUT2D eigenvalue weighted by Crippen LogP contribution is -2.41. The van der Waals surface area contributed by atoms with E-state index in [2.05, 4.69) is 0 Å². The van der Waals surface area contributed by atoms with Gasteiger partial charge in [-0.05, 0) is 0 Å². The second kappa shape index (κ2) is 7.20. The molecule has 0 aliphatic carbocycles. The van der Waals surface area contributed by atoms with Crippen LogP contribution in [0.15, 0.2) is 0 Å². The molecule has 1 aliphatic rings. The van der Waals surface area contributed by atoms with E-state index in [0.29, 0.717) is 0 Å². The van der Waals surface area contributed by atoms with Gasteiger partial charge in [-0.15, -0.1) is 0 Å². The number of hydrogen-bond acceptors (Lipinski definition) is 8. The monoisotopic (exact) mass is 290 g/mol. The van der Waals surface area contributed by atoms with Crippen LogP contribution in [0.25, 0.3) is 0 Å². The summed E-state index contributed by atoms with van der Waals surface area (Å²) < 4.78 is 25.4. The SMILES string of the molecule is COC[C@H]1O[C@H](OC(C)=O)[C@H](OC(C)=O)[C@@H]1OC(C)=O. The molecule has 0 radical (unpaired) electrons. The molecule has 8 nitrogen and oxygen atoms in total. The molecule has 1 saturated heterocycles. The molecule has 1 aliphatic heterocycles. The summed E-state index contributed by atoms with van der Waals surface area (Å²) in [7, 11) is 1.44. The summed E-state index contributed by atoms with van der Waals surface area (Å²) >= 11 is 0. The predicted molar refractivity (Wildman–Crippen MR) is 63.4 cm³/mol. The van der Waals surface area contributed by atoms with Crippen molar-refractivity contribution in [1.82, 2.24) is 0 Å². The minimum Gasteiger partial charge on any atom is -0.455 e. The molecule has 0 saturated carbocycles. The summed E-state index contributed by atoms with van der Waals surface area (Å²) in [6.45, 7) is 3.69. The zero-order chi connectivity index (χ0) is 15.3. The van der Waals surface area contributed by atoms with E-state index < -0.39 is 42.5 Å². The quantitative estimate of drug-likeness (QED) is 0.506. The third-order valence-corrected chi connectivity index (χ3v) is 2.48. The van der Waals surface area contributed by atoms with E-state index in [-0.39, 0.29) is 6.61 Å². The van der Waals surface area contributed by atoms with Crippen LogP contribution in [-0.4, -0.2) is 56.2 Å². The average Bonchev–Trinajstić information content (AvgIpc) is 2.57. The molecule has 4 atom stereocenters. The van der Waals surface area contributed by atoms with E-state index in [9.17, 15) is 14.4 Å². The lowest BCUT2D eigenvalue weighted by atomic mass is 10.1. The van der Waals surface area contributed by atoms with Crippen LogP contribution in [0.4, 0.5) is 0 Å². The molecule has 0 unspecified atom stereocenters. The van der Waals surface area contributed by atoms with Crippen molar-refractivity contribution in [2.75, 3.05) is 13.7 Å². The van der Waals surface area contributed by atoms with Gasteiger partial charge in [0.05, 0.1) is 6.61 Å². The van der Waals surface area contributed by atoms with Gasteiger partial charge in [0.25, 0.3) is 0 Å². The van der Waals surface area contributed by atoms with Gasteiger partial charge in [-0.3, -0.25) is 14.4 Å². The zero-order valence-electron chi connectivity index (χ0n) is 11.8. The number of carbonyl (C=O) groups excluding carboxylic acids is 3. The Labute approximate surface area is 116 Å². The highest BCUT2D eigenvalue weighted by Gasteiger charge is 2.50. The molecule has 0 bridgehead atoms. The Morgan fingerprint density at radius 3 is 1.85 bits per heavy atom. The summed E-state index contributed by atoms with van der Waals surface area (Å²) in [6, 6.07) is 0. The Morgan fingerprint density at radius 2 is 1.40 bits per heavy atom. The van der Waals surface area contributed by atoms with Crippen LogP contribution in [0.2, 0.25) is 0 Å². The van der Waals surface area contributed by atoms with Gasteiger partial charge in [0.15, 0.2) is 6.10 Å². The molecule has 0 aromatic carbocycles. The lowest BCUT2D eigenvalue weighted by Gasteiger charge is -2.22. The summed E-state index contributed by atoms with van der Waals surface area (Å²) in [5.41, 5.74) is 0. The Bertz CT molecular complexity index is 380. The smallest absolute Gasteiger partial charge is 0.305 e. The van der Waals surface area contributed by atoms with Crippen molar-refractivity contribution in [3.05, 3.63) is 0 Å². The van der Waals surface area contributed by atoms with E-state index in [4.69, 9.17) is 23.7 Å². The van der Waals surface area contributed by atoms with Crippen LogP contribution in [0, 0.1) is 0 Å². The molecule has 20 heavy (non-hydrogen) atoms. The van der Waals surface area contributed by atoms with E-state index in [1.54, 1.807) is 0 Å². The van der Waals surface area contributed by atoms with Gasteiger partial charge >= 0.3 is 17.9 Å². The summed E-state index contributed by atoms with van der Waals surface area (Å²) in [4.78, 5) is 33.3. The maximum absolute atomic E-state index is 11.1. The van der Waals surface area contributed by atoms with E-state index in [1.165, 1.54) is 27.9 Å². The Kier molecular flexibility index (Phi) is 5.90. The van der Waals surface area contributed by atoms with Gasteiger partial charge in [-0.2, -0.15) is 0 Å². The van der Waals surface area contributed by atoms with E-state index in [1.807, 2.05) is 0 Å². The Hall–Kier alpha value is -1.67. The largest absolute Gasteiger partial charge is 0.455 e. The molecule has 1 rings (SSSR count). The molecule has 1 heterocycles. The first-order valence-corrected chi connectivity index (χ1v) is 6.01. The first kappa shape index (κ1) is 16.4. The molecular weight excluding hydrogens is 272 g/mol. The number of ether oxygens (including phenoxy) is 5. The number of carbonyl (C=O) groups is 3. The fourth-order valence-electron chi connectivity index (χ4n) is 1.90. The normalized spacial score (nSPS) is 28.8. The van der Waals surface area contributed by atoms with Crippen LogP contribution < -0.4 is 0 Å².